The number of aliphatic hydroxyl groups is 2. The molecule has 0 amide bonds. The van der Waals surface area contributed by atoms with Gasteiger partial charge in [-0.05, 0) is 31.9 Å². The Kier molecular flexibility index (Phi) is 13.4. The SMILES string of the molecule is C/C=C(O)/C=C(O)/C=C/CCCCCCCCCCC. The second-order valence-corrected chi connectivity index (χ2v) is 5.30. The maximum Gasteiger partial charge on any atom is 0.118 e. The lowest BCUT2D eigenvalue weighted by Gasteiger charge is -2.00. The van der Waals surface area contributed by atoms with Gasteiger partial charge in [0.1, 0.15) is 11.5 Å². The van der Waals surface area contributed by atoms with Crippen LogP contribution < -0.4 is 0 Å². The molecule has 0 unspecified atom stereocenters. The Bertz CT molecular complexity index is 301. The van der Waals surface area contributed by atoms with Gasteiger partial charge in [-0.25, -0.2) is 0 Å². The van der Waals surface area contributed by atoms with E-state index >= 15 is 0 Å². The molecule has 0 spiro atoms. The summed E-state index contributed by atoms with van der Waals surface area (Å²) in [5.74, 6) is 0.201. The highest BCUT2D eigenvalue weighted by Gasteiger charge is 1.92. The molecule has 0 fully saturated rings. The predicted molar refractivity (Wildman–Crippen MR) is 88.1 cm³/mol. The van der Waals surface area contributed by atoms with Gasteiger partial charge in [-0.15, -0.1) is 0 Å². The van der Waals surface area contributed by atoms with Crippen molar-refractivity contribution in [2.75, 3.05) is 0 Å². The quantitative estimate of drug-likeness (QED) is 0.248. The maximum absolute atomic E-state index is 9.47. The third kappa shape index (κ3) is 13.3. The lowest BCUT2D eigenvalue weighted by Crippen LogP contribution is -1.81. The molecule has 0 aliphatic rings. The van der Waals surface area contributed by atoms with E-state index in [4.69, 9.17) is 0 Å². The Morgan fingerprint density at radius 2 is 1.35 bits per heavy atom. The van der Waals surface area contributed by atoms with Crippen LogP contribution in [-0.2, 0) is 0 Å². The van der Waals surface area contributed by atoms with Crippen molar-refractivity contribution in [1.82, 2.24) is 0 Å². The van der Waals surface area contributed by atoms with E-state index < -0.39 is 0 Å². The Hall–Kier alpha value is -1.18. The number of hydrogen-bond donors (Lipinski definition) is 2. The van der Waals surface area contributed by atoms with Crippen LogP contribution in [0.25, 0.3) is 0 Å². The van der Waals surface area contributed by atoms with E-state index in [0.717, 1.165) is 6.42 Å². The first-order valence-corrected chi connectivity index (χ1v) is 8.13. The minimum absolute atomic E-state index is 0.0928. The zero-order valence-corrected chi connectivity index (χ0v) is 13.3. The molecule has 0 saturated carbocycles. The maximum atomic E-state index is 9.47. The highest BCUT2D eigenvalue weighted by Crippen LogP contribution is 2.11. The molecule has 0 bridgehead atoms. The summed E-state index contributed by atoms with van der Waals surface area (Å²) in [6.07, 6.45) is 19.5. The number of unbranched alkanes of at least 4 members (excludes halogenated alkanes) is 9. The molecule has 0 heterocycles. The molecule has 0 saturated heterocycles. The molecule has 0 radical (unpaired) electrons. The van der Waals surface area contributed by atoms with Crippen LogP contribution in [0, 0.1) is 0 Å². The Balaban J connectivity index is 3.42. The molecule has 0 atom stereocenters. The second-order valence-electron chi connectivity index (χ2n) is 5.30. The first-order chi connectivity index (χ1) is 9.70. The highest BCUT2D eigenvalue weighted by atomic mass is 16.3. The normalized spacial score (nSPS) is 13.3. The zero-order valence-electron chi connectivity index (χ0n) is 13.3. The minimum Gasteiger partial charge on any atom is -0.508 e. The largest absolute Gasteiger partial charge is 0.508 e. The van der Waals surface area contributed by atoms with Crippen LogP contribution in [0.5, 0.6) is 0 Å². The fraction of sp³-hybridized carbons (Fsp3) is 0.667. The highest BCUT2D eigenvalue weighted by molar-refractivity contribution is 5.20. The molecule has 0 aromatic carbocycles. The lowest BCUT2D eigenvalue weighted by atomic mass is 10.1. The van der Waals surface area contributed by atoms with E-state index in [1.807, 2.05) is 6.08 Å². The number of rotatable bonds is 12. The van der Waals surface area contributed by atoms with Crippen molar-refractivity contribution in [2.24, 2.45) is 0 Å². The monoisotopic (exact) mass is 280 g/mol. The van der Waals surface area contributed by atoms with Crippen LogP contribution in [0.15, 0.2) is 35.8 Å². The van der Waals surface area contributed by atoms with Crippen molar-refractivity contribution >= 4 is 0 Å². The van der Waals surface area contributed by atoms with E-state index in [1.165, 1.54) is 63.9 Å². The van der Waals surface area contributed by atoms with Gasteiger partial charge in [-0.2, -0.15) is 0 Å². The van der Waals surface area contributed by atoms with Crippen LogP contribution in [-0.4, -0.2) is 10.2 Å². The first kappa shape index (κ1) is 18.8. The van der Waals surface area contributed by atoms with Gasteiger partial charge in [0.2, 0.25) is 0 Å². The molecule has 20 heavy (non-hydrogen) atoms. The van der Waals surface area contributed by atoms with Crippen LogP contribution in [0.2, 0.25) is 0 Å². The summed E-state index contributed by atoms with van der Waals surface area (Å²) in [7, 11) is 0. The zero-order chi connectivity index (χ0) is 15.1. The summed E-state index contributed by atoms with van der Waals surface area (Å²) in [6, 6.07) is 0. The van der Waals surface area contributed by atoms with E-state index in [9.17, 15) is 10.2 Å². The number of aliphatic hydroxyl groups excluding tert-OH is 2. The van der Waals surface area contributed by atoms with Gasteiger partial charge in [0, 0.05) is 6.08 Å². The number of allylic oxidation sites excluding steroid dienone is 4. The second kappa shape index (κ2) is 14.2. The van der Waals surface area contributed by atoms with Gasteiger partial charge < -0.3 is 10.2 Å². The molecule has 116 valence electrons. The van der Waals surface area contributed by atoms with E-state index in [2.05, 4.69) is 6.92 Å². The van der Waals surface area contributed by atoms with Crippen molar-refractivity contribution in [3.63, 3.8) is 0 Å². The van der Waals surface area contributed by atoms with Crippen LogP contribution in [0.4, 0.5) is 0 Å². The Morgan fingerprint density at radius 1 is 0.800 bits per heavy atom. The van der Waals surface area contributed by atoms with Gasteiger partial charge in [0.25, 0.3) is 0 Å². The van der Waals surface area contributed by atoms with Gasteiger partial charge in [0.15, 0.2) is 0 Å². The van der Waals surface area contributed by atoms with Crippen molar-refractivity contribution in [2.45, 2.75) is 78.1 Å². The molecule has 2 heteroatoms. The van der Waals surface area contributed by atoms with E-state index in [0.29, 0.717) is 0 Å². The molecule has 0 aliphatic heterocycles. The standard InChI is InChI=1S/C18H32O2/c1-3-5-6-7-8-9-10-11-12-13-14-15-18(20)16-17(19)4-2/h4,14-16,19-20H,3,5-13H2,1-2H3/b15-14+,17-4-,18-16-. The summed E-state index contributed by atoms with van der Waals surface area (Å²) in [6.45, 7) is 3.98. The molecule has 0 aromatic rings. The van der Waals surface area contributed by atoms with Crippen LogP contribution in [0.3, 0.4) is 0 Å². The van der Waals surface area contributed by atoms with Crippen LogP contribution >= 0.6 is 0 Å². The number of hydrogen-bond acceptors (Lipinski definition) is 2. The first-order valence-electron chi connectivity index (χ1n) is 8.13. The molecule has 2 nitrogen and oxygen atoms in total. The van der Waals surface area contributed by atoms with E-state index in [1.54, 1.807) is 19.1 Å². The summed E-state index contributed by atoms with van der Waals surface area (Å²) in [5, 5.41) is 18.7. The lowest BCUT2D eigenvalue weighted by molar-refractivity contribution is 0.404. The molecular weight excluding hydrogens is 248 g/mol. The van der Waals surface area contributed by atoms with Gasteiger partial charge in [0.05, 0.1) is 0 Å². The third-order valence-corrected chi connectivity index (χ3v) is 3.35. The molecule has 0 rings (SSSR count). The third-order valence-electron chi connectivity index (χ3n) is 3.35. The topological polar surface area (TPSA) is 40.5 Å². The van der Waals surface area contributed by atoms with Crippen molar-refractivity contribution in [3.8, 4) is 0 Å². The smallest absolute Gasteiger partial charge is 0.118 e. The molecule has 0 aliphatic carbocycles. The van der Waals surface area contributed by atoms with Gasteiger partial charge in [-0.3, -0.25) is 0 Å². The fourth-order valence-electron chi connectivity index (χ4n) is 2.06. The summed E-state index contributed by atoms with van der Waals surface area (Å²) >= 11 is 0. The van der Waals surface area contributed by atoms with E-state index in [-0.39, 0.29) is 11.5 Å². The van der Waals surface area contributed by atoms with Crippen LogP contribution in [0.1, 0.15) is 78.1 Å². The summed E-state index contributed by atoms with van der Waals surface area (Å²) in [4.78, 5) is 0. The molecular formula is C18H32O2. The fourth-order valence-corrected chi connectivity index (χ4v) is 2.06. The van der Waals surface area contributed by atoms with Crippen molar-refractivity contribution < 1.29 is 10.2 Å². The Labute approximate surface area is 124 Å². The van der Waals surface area contributed by atoms with Gasteiger partial charge in [-0.1, -0.05) is 64.4 Å². The average Bonchev–Trinajstić information content (AvgIpc) is 2.44. The Morgan fingerprint density at radius 3 is 1.90 bits per heavy atom. The summed E-state index contributed by atoms with van der Waals surface area (Å²) < 4.78 is 0. The van der Waals surface area contributed by atoms with Gasteiger partial charge >= 0.3 is 0 Å². The molecule has 0 aromatic heterocycles. The minimum atomic E-state index is 0.0928. The average molecular weight is 280 g/mol. The van der Waals surface area contributed by atoms with Crippen molar-refractivity contribution in [1.29, 1.82) is 0 Å². The van der Waals surface area contributed by atoms with Crippen molar-refractivity contribution in [3.05, 3.63) is 35.8 Å². The summed E-state index contributed by atoms with van der Waals surface area (Å²) in [5.41, 5.74) is 0. The molecule has 2 N–H and O–H groups in total. The predicted octanol–water partition coefficient (Wildman–Crippen LogP) is 6.37.